The van der Waals surface area contributed by atoms with Crippen molar-refractivity contribution in [1.82, 2.24) is 25.0 Å². The van der Waals surface area contributed by atoms with Gasteiger partial charge >= 0.3 is 6.09 Å². The van der Waals surface area contributed by atoms with Gasteiger partial charge in [0, 0.05) is 11.4 Å². The van der Waals surface area contributed by atoms with Crippen LogP contribution in [-0.4, -0.2) is 65.1 Å². The van der Waals surface area contributed by atoms with Crippen molar-refractivity contribution in [1.29, 1.82) is 0 Å². The summed E-state index contributed by atoms with van der Waals surface area (Å²) < 4.78 is 1.60. The lowest BCUT2D eigenvalue weighted by Gasteiger charge is -2.16. The van der Waals surface area contributed by atoms with Gasteiger partial charge in [0.2, 0.25) is 0 Å². The molecule has 34 heavy (non-hydrogen) atoms. The van der Waals surface area contributed by atoms with Crippen LogP contribution in [0.3, 0.4) is 0 Å². The fraction of sp³-hybridized carbons (Fsp3) is 0.450. The third kappa shape index (κ3) is 6.39. The fourth-order valence-corrected chi connectivity index (χ4v) is 4.59. The maximum Gasteiger partial charge on any atom is 0.402 e. The Bertz CT molecular complexity index is 1150. The Kier molecular flexibility index (Phi) is 9.14. The summed E-state index contributed by atoms with van der Waals surface area (Å²) in [5, 5.41) is 40.8. The molecule has 1 amide bonds. The number of hydrogen-bond acceptors (Lipinski definition) is 9. The molecule has 0 unspecified atom stereocenters. The molecule has 184 valence electrons. The summed E-state index contributed by atoms with van der Waals surface area (Å²) in [6.07, 6.45) is 0.118. The number of carbonyl (C=O) groups is 1. The van der Waals surface area contributed by atoms with Crippen LogP contribution in [0.2, 0.25) is 10.0 Å². The molecule has 4 rings (SSSR count). The van der Waals surface area contributed by atoms with Crippen molar-refractivity contribution < 1.29 is 20.1 Å². The van der Waals surface area contributed by atoms with E-state index in [0.29, 0.717) is 45.0 Å². The predicted molar refractivity (Wildman–Crippen MR) is 130 cm³/mol. The number of nitrogens with two attached hydrogens (primary N) is 1. The molecule has 2 heterocycles. The zero-order valence-electron chi connectivity index (χ0n) is 18.2. The molecule has 6 N–H and O–H groups in total. The van der Waals surface area contributed by atoms with Gasteiger partial charge in [-0.2, -0.15) is 0 Å². The number of unbranched alkanes of at least 4 members (excludes halogenated alkanes) is 1. The monoisotopic (exact) mass is 529 g/mol. The Hall–Kier alpha value is -2.38. The second kappa shape index (κ2) is 11.8. The summed E-state index contributed by atoms with van der Waals surface area (Å²) in [5.41, 5.74) is 5.09. The number of hydrogen-bond donors (Lipinski definition) is 5. The molecule has 14 heteroatoms. The highest BCUT2D eigenvalue weighted by Crippen LogP contribution is 2.35. The molecule has 1 aliphatic rings. The van der Waals surface area contributed by atoms with Crippen LogP contribution in [0, 0.1) is 0 Å². The van der Waals surface area contributed by atoms with Gasteiger partial charge in [0.15, 0.2) is 22.1 Å². The number of aliphatic hydroxyl groups is 2. The normalized spacial score (nSPS) is 19.6. The molecule has 3 atom stereocenters. The number of benzene rings is 1. The highest BCUT2D eigenvalue weighted by Gasteiger charge is 2.37. The van der Waals surface area contributed by atoms with E-state index in [1.54, 1.807) is 16.8 Å². The van der Waals surface area contributed by atoms with Crippen LogP contribution in [0.1, 0.15) is 38.6 Å². The Morgan fingerprint density at radius 2 is 2.00 bits per heavy atom. The Labute approximate surface area is 209 Å². The first-order chi connectivity index (χ1) is 16.2. The number of halogens is 2. The van der Waals surface area contributed by atoms with Gasteiger partial charge in [-0.25, -0.2) is 19.4 Å². The molecule has 0 bridgehead atoms. The van der Waals surface area contributed by atoms with Gasteiger partial charge in [-0.15, -0.1) is 5.10 Å². The van der Waals surface area contributed by atoms with Crippen LogP contribution in [0.4, 0.5) is 10.6 Å². The summed E-state index contributed by atoms with van der Waals surface area (Å²) in [6.45, 7) is 2.86. The minimum Gasteiger partial charge on any atom is -0.465 e. The summed E-state index contributed by atoms with van der Waals surface area (Å²) in [5.74, 6) is 0.593. The highest BCUT2D eigenvalue weighted by atomic mass is 35.5. The van der Waals surface area contributed by atoms with E-state index >= 15 is 0 Å². The van der Waals surface area contributed by atoms with Crippen LogP contribution in [-0.2, 0) is 0 Å². The largest absolute Gasteiger partial charge is 0.465 e. The van der Waals surface area contributed by atoms with Crippen molar-refractivity contribution >= 4 is 58.0 Å². The van der Waals surface area contributed by atoms with E-state index in [0.717, 1.165) is 24.3 Å². The number of aliphatic hydroxyl groups excluding tert-OH is 2. The quantitative estimate of drug-likeness (QED) is 0.225. The maximum atomic E-state index is 10.4. The number of fused-ring (bicyclic) bond motifs is 1. The summed E-state index contributed by atoms with van der Waals surface area (Å²) in [7, 11) is 0. The number of anilines is 1. The average molecular weight is 530 g/mol. The summed E-state index contributed by atoms with van der Waals surface area (Å²) >= 11 is 13.5. The summed E-state index contributed by atoms with van der Waals surface area (Å²) in [4.78, 5) is 18.9. The standard InChI is InChI=1S/C19H22Cl2N6O2S.CH3NO2/c1-2-3-8-22-17-15-18(27(26-25-15)13-6-7-14(28)16(13)29)24-19(23-17)30-10-4-5-11(20)12(21)9-10;2-1(3)4/h4-5,9,13-14,16,28-29H,2-3,6-8H2,1H3,(H,22,23,24);2H2,(H,3,4)/t13-,14-,16+;/m1./s1. The molecule has 0 aliphatic heterocycles. The lowest BCUT2D eigenvalue weighted by Crippen LogP contribution is -2.28. The predicted octanol–water partition coefficient (Wildman–Crippen LogP) is 3.57. The lowest BCUT2D eigenvalue weighted by atomic mass is 10.2. The smallest absolute Gasteiger partial charge is 0.402 e. The molecule has 3 aromatic rings. The van der Waals surface area contributed by atoms with Crippen LogP contribution < -0.4 is 11.1 Å². The van der Waals surface area contributed by atoms with E-state index in [4.69, 9.17) is 33.1 Å². The van der Waals surface area contributed by atoms with Crippen molar-refractivity contribution in [3.8, 4) is 0 Å². The second-order valence-corrected chi connectivity index (χ2v) is 9.42. The average Bonchev–Trinajstić information content (AvgIpc) is 3.34. The van der Waals surface area contributed by atoms with E-state index < -0.39 is 18.3 Å². The molecule has 11 nitrogen and oxygen atoms in total. The van der Waals surface area contributed by atoms with Crippen molar-refractivity contribution in [3.05, 3.63) is 28.2 Å². The van der Waals surface area contributed by atoms with E-state index in [1.807, 2.05) is 6.07 Å². The third-order valence-corrected chi connectivity index (χ3v) is 6.68. The zero-order valence-corrected chi connectivity index (χ0v) is 20.6. The second-order valence-electron chi connectivity index (χ2n) is 7.56. The first kappa shape index (κ1) is 26.2. The Morgan fingerprint density at radius 3 is 2.62 bits per heavy atom. The molecule has 1 aliphatic carbocycles. The molecular weight excluding hydrogens is 505 g/mol. The maximum absolute atomic E-state index is 10.4. The molecule has 0 saturated heterocycles. The number of primary amides is 1. The number of rotatable bonds is 7. The highest BCUT2D eigenvalue weighted by molar-refractivity contribution is 7.99. The number of aromatic nitrogens is 5. The van der Waals surface area contributed by atoms with Gasteiger partial charge < -0.3 is 26.4 Å². The first-order valence-corrected chi connectivity index (χ1v) is 12.1. The van der Waals surface area contributed by atoms with E-state index in [2.05, 4.69) is 38.3 Å². The first-order valence-electron chi connectivity index (χ1n) is 10.6. The minimum atomic E-state index is -1.33. The van der Waals surface area contributed by atoms with Crippen molar-refractivity contribution in [3.63, 3.8) is 0 Å². The van der Waals surface area contributed by atoms with E-state index in [9.17, 15) is 10.2 Å². The number of amides is 1. The molecule has 0 radical (unpaired) electrons. The van der Waals surface area contributed by atoms with E-state index in [-0.39, 0.29) is 6.04 Å². The van der Waals surface area contributed by atoms with Gasteiger partial charge in [0.1, 0.15) is 6.10 Å². The Balaban J connectivity index is 0.000000751. The SMILES string of the molecule is CCCCNc1nc(Sc2ccc(Cl)c(Cl)c2)nc2c1nnn2[C@@H]1CC[C@@H](O)[C@H]1O.NC(=O)O. The van der Waals surface area contributed by atoms with Crippen LogP contribution >= 0.6 is 35.0 Å². The molecule has 0 spiro atoms. The van der Waals surface area contributed by atoms with Gasteiger partial charge in [0.25, 0.3) is 0 Å². The van der Waals surface area contributed by atoms with Crippen molar-refractivity contribution in [2.75, 3.05) is 11.9 Å². The number of nitrogens with zero attached hydrogens (tertiary/aromatic N) is 5. The Morgan fingerprint density at radius 1 is 1.26 bits per heavy atom. The van der Waals surface area contributed by atoms with Crippen LogP contribution in [0.5, 0.6) is 0 Å². The van der Waals surface area contributed by atoms with E-state index in [1.165, 1.54) is 11.8 Å². The fourth-order valence-electron chi connectivity index (χ4n) is 3.44. The zero-order chi connectivity index (χ0) is 24.8. The minimum absolute atomic E-state index is 0.383. The van der Waals surface area contributed by atoms with Crippen LogP contribution in [0.25, 0.3) is 11.2 Å². The van der Waals surface area contributed by atoms with Gasteiger partial charge in [0.05, 0.1) is 22.2 Å². The molecule has 1 fully saturated rings. The number of carboxylic acid groups (broad SMARTS) is 1. The lowest BCUT2D eigenvalue weighted by molar-refractivity contribution is 0.0215. The third-order valence-electron chi connectivity index (χ3n) is 5.09. The molecule has 1 saturated carbocycles. The van der Waals surface area contributed by atoms with Crippen LogP contribution in [0.15, 0.2) is 28.3 Å². The van der Waals surface area contributed by atoms with Gasteiger partial charge in [-0.1, -0.05) is 41.8 Å². The van der Waals surface area contributed by atoms with Crippen molar-refractivity contribution in [2.45, 2.75) is 60.9 Å². The van der Waals surface area contributed by atoms with Gasteiger partial charge in [-0.3, -0.25) is 0 Å². The molecular formula is C20H25Cl2N7O4S. The molecule has 2 aromatic heterocycles. The van der Waals surface area contributed by atoms with Crippen molar-refractivity contribution in [2.24, 2.45) is 5.73 Å². The van der Waals surface area contributed by atoms with Gasteiger partial charge in [-0.05, 0) is 49.2 Å². The number of nitrogens with one attached hydrogen (secondary N) is 1. The topological polar surface area (TPSA) is 172 Å². The summed E-state index contributed by atoms with van der Waals surface area (Å²) in [6, 6.07) is 4.96. The molecule has 1 aromatic carbocycles.